The van der Waals surface area contributed by atoms with Crippen molar-refractivity contribution in [1.29, 1.82) is 0 Å². The van der Waals surface area contributed by atoms with Crippen molar-refractivity contribution in [2.45, 2.75) is 347 Å². The average molecular weight is 1080 g/mol. The van der Waals surface area contributed by atoms with Crippen molar-refractivity contribution in [3.05, 3.63) is 12.2 Å². The molecule has 75 heavy (non-hydrogen) atoms. The second kappa shape index (κ2) is 57.4. The smallest absolute Gasteiger partial charge is 0.462 e. The fourth-order valence-corrected chi connectivity index (χ4v) is 10.7. The Morgan fingerprint density at radius 3 is 0.987 bits per heavy atom. The number of ether oxygens (including phenoxy) is 2. The highest BCUT2D eigenvalue weighted by Crippen LogP contribution is 2.43. The number of likely N-dealkylation sites (N-methyl/N-ethyl adjacent to an activating group) is 1. The lowest BCUT2D eigenvalue weighted by Gasteiger charge is -2.24. The number of quaternary nitrogens is 1. The van der Waals surface area contributed by atoms with Gasteiger partial charge in [-0.15, -0.1) is 0 Å². The van der Waals surface area contributed by atoms with Gasteiger partial charge < -0.3 is 18.9 Å². The van der Waals surface area contributed by atoms with E-state index >= 15 is 0 Å². The van der Waals surface area contributed by atoms with E-state index in [0.29, 0.717) is 17.4 Å². The molecule has 0 saturated carbocycles. The van der Waals surface area contributed by atoms with Gasteiger partial charge in [-0.2, -0.15) is 0 Å². The number of rotatable bonds is 62. The summed E-state index contributed by atoms with van der Waals surface area (Å²) < 4.78 is 34.7. The second-order valence-corrected chi connectivity index (χ2v) is 25.3. The lowest BCUT2D eigenvalue weighted by molar-refractivity contribution is -0.870. The van der Waals surface area contributed by atoms with Crippen LogP contribution in [0.3, 0.4) is 0 Å². The van der Waals surface area contributed by atoms with Crippen LogP contribution in [0.15, 0.2) is 12.2 Å². The molecular weight excluding hydrogens is 954 g/mol. The van der Waals surface area contributed by atoms with Crippen molar-refractivity contribution in [2.75, 3.05) is 47.5 Å². The van der Waals surface area contributed by atoms with Gasteiger partial charge in [0.25, 0.3) is 0 Å². The number of carbonyl (C=O) groups is 2. The third kappa shape index (κ3) is 61.8. The molecule has 9 nitrogen and oxygen atoms in total. The second-order valence-electron chi connectivity index (χ2n) is 23.9. The Balaban J connectivity index is 3.97. The van der Waals surface area contributed by atoms with E-state index in [0.717, 1.165) is 38.5 Å². The standard InChI is InChI=1S/C65H128NO8P/c1-6-8-10-12-14-16-18-20-22-24-26-27-28-29-30-31-32-33-34-35-36-37-38-39-40-42-44-46-48-50-52-54-56-58-65(68)74-63(62-73-75(69,70)72-60-59-66(3,4)5)61-71-64(67)57-55-53-51-49-47-45-43-41-25-23-21-19-17-15-13-11-9-7-2/h24,26,63H,6-23,25,27-62H2,1-5H3/p+1/b26-24-. The lowest BCUT2D eigenvalue weighted by Crippen LogP contribution is -2.37. The van der Waals surface area contributed by atoms with Gasteiger partial charge in [0.15, 0.2) is 6.10 Å². The first-order valence-corrected chi connectivity index (χ1v) is 34.4. The van der Waals surface area contributed by atoms with E-state index in [2.05, 4.69) is 26.0 Å². The van der Waals surface area contributed by atoms with Crippen LogP contribution in [0.4, 0.5) is 0 Å². The first kappa shape index (κ1) is 73.8. The molecule has 0 spiro atoms. The average Bonchev–Trinajstić information content (AvgIpc) is 3.37. The Labute approximate surface area is 466 Å². The number of phosphoric acid groups is 1. The fraction of sp³-hybridized carbons (Fsp3) is 0.938. The zero-order valence-corrected chi connectivity index (χ0v) is 51.7. The zero-order chi connectivity index (χ0) is 54.9. The Kier molecular flexibility index (Phi) is 56.5. The van der Waals surface area contributed by atoms with Crippen LogP contribution >= 0.6 is 7.82 Å². The van der Waals surface area contributed by atoms with Crippen LogP contribution in [0.2, 0.25) is 0 Å². The van der Waals surface area contributed by atoms with Gasteiger partial charge in [0.1, 0.15) is 19.8 Å². The Hall–Kier alpha value is -1.25. The van der Waals surface area contributed by atoms with Crippen LogP contribution in [0.5, 0.6) is 0 Å². The lowest BCUT2D eigenvalue weighted by atomic mass is 10.0. The normalized spacial score (nSPS) is 13.2. The van der Waals surface area contributed by atoms with Gasteiger partial charge in [-0.25, -0.2) is 4.57 Å². The number of hydrogen-bond donors (Lipinski definition) is 1. The van der Waals surface area contributed by atoms with Gasteiger partial charge in [-0.3, -0.25) is 18.6 Å². The first-order chi connectivity index (χ1) is 36.5. The van der Waals surface area contributed by atoms with E-state index in [9.17, 15) is 19.0 Å². The summed E-state index contributed by atoms with van der Waals surface area (Å²) in [5, 5.41) is 0. The van der Waals surface area contributed by atoms with Gasteiger partial charge in [0.2, 0.25) is 0 Å². The van der Waals surface area contributed by atoms with E-state index in [4.69, 9.17) is 18.5 Å². The number of allylic oxidation sites excluding steroid dienone is 2. The molecule has 0 aromatic rings. The third-order valence-corrected chi connectivity index (χ3v) is 16.0. The number of nitrogens with zero attached hydrogens (tertiary/aromatic N) is 1. The molecule has 2 atom stereocenters. The van der Waals surface area contributed by atoms with E-state index in [1.807, 2.05) is 21.1 Å². The Morgan fingerprint density at radius 1 is 0.400 bits per heavy atom. The topological polar surface area (TPSA) is 108 Å². The summed E-state index contributed by atoms with van der Waals surface area (Å²) in [6.07, 6.45) is 68.8. The number of phosphoric ester groups is 1. The maximum atomic E-state index is 12.8. The molecule has 0 bridgehead atoms. The Bertz CT molecular complexity index is 1270. The predicted octanol–water partition coefficient (Wildman–Crippen LogP) is 20.8. The molecule has 0 aromatic carbocycles. The van der Waals surface area contributed by atoms with Gasteiger partial charge in [0, 0.05) is 12.8 Å². The number of unbranched alkanes of at least 4 members (excludes halogenated alkanes) is 46. The summed E-state index contributed by atoms with van der Waals surface area (Å²) >= 11 is 0. The first-order valence-electron chi connectivity index (χ1n) is 32.9. The maximum Gasteiger partial charge on any atom is 0.472 e. The number of carbonyl (C=O) groups excluding carboxylic acids is 2. The van der Waals surface area contributed by atoms with Gasteiger partial charge in [-0.05, 0) is 38.5 Å². The van der Waals surface area contributed by atoms with E-state index in [1.165, 1.54) is 276 Å². The van der Waals surface area contributed by atoms with Crippen LogP contribution in [-0.2, 0) is 32.7 Å². The monoisotopic (exact) mass is 1080 g/mol. The van der Waals surface area contributed by atoms with Crippen molar-refractivity contribution < 1.29 is 42.1 Å². The summed E-state index contributed by atoms with van der Waals surface area (Å²) in [5.74, 6) is -0.773. The van der Waals surface area contributed by atoms with Crippen molar-refractivity contribution in [3.63, 3.8) is 0 Å². The Morgan fingerprint density at radius 2 is 0.680 bits per heavy atom. The zero-order valence-electron chi connectivity index (χ0n) is 50.8. The molecule has 10 heteroatoms. The summed E-state index contributed by atoms with van der Waals surface area (Å²) in [4.78, 5) is 35.8. The molecule has 1 N–H and O–H groups in total. The van der Waals surface area contributed by atoms with Crippen molar-refractivity contribution >= 4 is 19.8 Å². The molecule has 0 amide bonds. The highest BCUT2D eigenvalue weighted by Gasteiger charge is 2.27. The van der Waals surface area contributed by atoms with Crippen LogP contribution in [0.1, 0.15) is 341 Å². The van der Waals surface area contributed by atoms with Crippen LogP contribution in [0.25, 0.3) is 0 Å². The van der Waals surface area contributed by atoms with E-state index in [1.54, 1.807) is 0 Å². The van der Waals surface area contributed by atoms with Crippen LogP contribution < -0.4 is 0 Å². The molecule has 0 heterocycles. The van der Waals surface area contributed by atoms with Gasteiger partial charge >= 0.3 is 19.8 Å². The molecule has 2 unspecified atom stereocenters. The van der Waals surface area contributed by atoms with Gasteiger partial charge in [-0.1, -0.05) is 302 Å². The summed E-state index contributed by atoms with van der Waals surface area (Å²) in [6, 6.07) is 0. The van der Waals surface area contributed by atoms with Crippen LogP contribution in [-0.4, -0.2) is 74.9 Å². The van der Waals surface area contributed by atoms with E-state index < -0.39 is 26.5 Å². The molecule has 446 valence electrons. The molecule has 0 aliphatic heterocycles. The molecule has 0 saturated heterocycles. The minimum absolute atomic E-state index is 0.0366. The summed E-state index contributed by atoms with van der Waals surface area (Å²) in [6.45, 7) is 4.51. The SMILES string of the molecule is CCCCCCCCCC/C=C\CCCCCCCCCCCCCCCCCCCCCCCC(=O)OC(COC(=O)CCCCCCCCCCCCCCCCCCCC)COP(=O)(O)OCC[N+](C)(C)C. The fourth-order valence-electron chi connectivity index (χ4n) is 9.96. The summed E-state index contributed by atoms with van der Waals surface area (Å²) in [5.41, 5.74) is 0. The maximum absolute atomic E-state index is 12.8. The molecule has 0 aliphatic rings. The molecule has 0 rings (SSSR count). The summed E-state index contributed by atoms with van der Waals surface area (Å²) in [7, 11) is 1.50. The number of esters is 2. The van der Waals surface area contributed by atoms with Crippen molar-refractivity contribution in [1.82, 2.24) is 0 Å². The van der Waals surface area contributed by atoms with Gasteiger partial charge in [0.05, 0.1) is 27.7 Å². The third-order valence-electron chi connectivity index (χ3n) is 15.0. The van der Waals surface area contributed by atoms with Crippen molar-refractivity contribution in [2.24, 2.45) is 0 Å². The highest BCUT2D eigenvalue weighted by atomic mass is 31.2. The van der Waals surface area contributed by atoms with E-state index in [-0.39, 0.29) is 25.6 Å². The molecule has 0 fully saturated rings. The largest absolute Gasteiger partial charge is 0.472 e. The molecule has 0 radical (unpaired) electrons. The predicted molar refractivity (Wildman–Crippen MR) is 321 cm³/mol. The number of hydrogen-bond acceptors (Lipinski definition) is 7. The van der Waals surface area contributed by atoms with Crippen LogP contribution in [0, 0.1) is 0 Å². The molecule has 0 aliphatic carbocycles. The highest BCUT2D eigenvalue weighted by molar-refractivity contribution is 7.47. The molecule has 0 aromatic heterocycles. The minimum atomic E-state index is -4.38. The molecular formula is C65H129NO8P+. The quantitative estimate of drug-likeness (QED) is 0.0211. The minimum Gasteiger partial charge on any atom is -0.462 e. The van der Waals surface area contributed by atoms with Crippen molar-refractivity contribution in [3.8, 4) is 0 Å².